The number of ether oxygens (including phenoxy) is 1. The smallest absolute Gasteiger partial charge is 0.255 e. The summed E-state index contributed by atoms with van der Waals surface area (Å²) in [5, 5.41) is 0. The van der Waals surface area contributed by atoms with Crippen LogP contribution in [0.4, 0.5) is 5.69 Å². The first-order valence-corrected chi connectivity index (χ1v) is 6.28. The highest BCUT2D eigenvalue weighted by Gasteiger charge is 2.04. The van der Waals surface area contributed by atoms with Crippen LogP contribution in [-0.4, -0.2) is 12.5 Å². The summed E-state index contributed by atoms with van der Waals surface area (Å²) in [6.07, 6.45) is 0. The van der Waals surface area contributed by atoms with E-state index < -0.39 is 5.91 Å². The quantitative estimate of drug-likeness (QED) is 0.669. The van der Waals surface area contributed by atoms with Crippen LogP contribution < -0.4 is 21.3 Å². The second-order valence-corrected chi connectivity index (χ2v) is 4.21. The molecule has 0 saturated carbocycles. The normalized spacial score (nSPS) is 10.0. The van der Waals surface area contributed by atoms with Crippen LogP contribution in [0.1, 0.15) is 5.56 Å². The zero-order valence-corrected chi connectivity index (χ0v) is 11.0. The molecule has 5 heteroatoms. The predicted octanol–water partition coefficient (Wildman–Crippen LogP) is 1.67. The number of hydrazine groups is 1. The van der Waals surface area contributed by atoms with E-state index in [1.54, 1.807) is 0 Å². The van der Waals surface area contributed by atoms with Gasteiger partial charge in [0.05, 0.1) is 0 Å². The van der Waals surface area contributed by atoms with Crippen LogP contribution >= 0.6 is 0 Å². The van der Waals surface area contributed by atoms with Gasteiger partial charge in [-0.05, 0) is 18.2 Å². The average molecular weight is 271 g/mol. The summed E-state index contributed by atoms with van der Waals surface area (Å²) >= 11 is 0. The fourth-order valence-electron chi connectivity index (χ4n) is 1.70. The zero-order valence-electron chi connectivity index (χ0n) is 11.0. The van der Waals surface area contributed by atoms with Crippen molar-refractivity contribution in [2.75, 3.05) is 12.0 Å². The third-order valence-corrected chi connectivity index (χ3v) is 2.63. The van der Waals surface area contributed by atoms with Gasteiger partial charge in [-0.25, -0.2) is 5.43 Å². The summed E-state index contributed by atoms with van der Waals surface area (Å²) in [5.74, 6) is 0.156. The Bertz CT molecular complexity index is 558. The van der Waals surface area contributed by atoms with Crippen LogP contribution in [-0.2, 0) is 11.3 Å². The van der Waals surface area contributed by atoms with Crippen LogP contribution in [0.15, 0.2) is 54.6 Å². The number of anilines is 1. The van der Waals surface area contributed by atoms with Crippen LogP contribution in [0, 0.1) is 0 Å². The first kappa shape index (κ1) is 13.9. The third kappa shape index (κ3) is 4.29. The SMILES string of the molecule is NC(=O)COc1ccccc1CNNc1ccccc1. The molecule has 2 aromatic rings. The van der Waals surface area contributed by atoms with Gasteiger partial charge in [-0.2, -0.15) is 0 Å². The molecule has 0 fully saturated rings. The number of carbonyl (C=O) groups is 1. The first-order chi connectivity index (χ1) is 9.75. The number of benzene rings is 2. The van der Waals surface area contributed by atoms with Crippen LogP contribution in [0.3, 0.4) is 0 Å². The number of hydrogen-bond donors (Lipinski definition) is 3. The molecule has 0 aliphatic rings. The van der Waals surface area contributed by atoms with Gasteiger partial charge in [-0.1, -0.05) is 36.4 Å². The van der Waals surface area contributed by atoms with Crippen molar-refractivity contribution < 1.29 is 9.53 Å². The lowest BCUT2D eigenvalue weighted by molar-refractivity contribution is -0.119. The van der Waals surface area contributed by atoms with E-state index in [0.717, 1.165) is 11.3 Å². The minimum Gasteiger partial charge on any atom is -0.483 e. The van der Waals surface area contributed by atoms with Crippen molar-refractivity contribution in [1.29, 1.82) is 0 Å². The summed E-state index contributed by atoms with van der Waals surface area (Å²) in [6, 6.07) is 17.3. The lowest BCUT2D eigenvalue weighted by Gasteiger charge is -2.12. The Morgan fingerprint density at radius 1 is 1.05 bits per heavy atom. The molecule has 0 spiro atoms. The zero-order chi connectivity index (χ0) is 14.2. The molecule has 4 N–H and O–H groups in total. The largest absolute Gasteiger partial charge is 0.483 e. The number of hydrogen-bond acceptors (Lipinski definition) is 4. The van der Waals surface area contributed by atoms with Crippen LogP contribution in [0.25, 0.3) is 0 Å². The van der Waals surface area contributed by atoms with Crippen molar-refractivity contribution in [3.8, 4) is 5.75 Å². The second kappa shape index (κ2) is 7.16. The standard InChI is InChI=1S/C15H17N3O2/c16-15(19)11-20-14-9-5-4-6-12(14)10-17-18-13-7-2-1-3-8-13/h1-9,17-18H,10-11H2,(H2,16,19). The maximum Gasteiger partial charge on any atom is 0.255 e. The highest BCUT2D eigenvalue weighted by Crippen LogP contribution is 2.17. The monoisotopic (exact) mass is 271 g/mol. The topological polar surface area (TPSA) is 76.4 Å². The maximum atomic E-state index is 10.8. The molecule has 1 amide bonds. The van der Waals surface area contributed by atoms with E-state index >= 15 is 0 Å². The third-order valence-electron chi connectivity index (χ3n) is 2.63. The fraction of sp³-hybridized carbons (Fsp3) is 0.133. The van der Waals surface area contributed by atoms with Gasteiger partial charge in [-0.15, -0.1) is 0 Å². The lowest BCUT2D eigenvalue weighted by atomic mass is 10.2. The van der Waals surface area contributed by atoms with Gasteiger partial charge in [0.2, 0.25) is 0 Å². The Morgan fingerprint density at radius 2 is 1.75 bits per heavy atom. The van der Waals surface area contributed by atoms with Gasteiger partial charge >= 0.3 is 0 Å². The average Bonchev–Trinajstić information content (AvgIpc) is 2.47. The molecule has 0 atom stereocenters. The Labute approximate surface area is 117 Å². The minimum absolute atomic E-state index is 0.122. The molecule has 20 heavy (non-hydrogen) atoms. The number of para-hydroxylation sites is 2. The van der Waals surface area contributed by atoms with Crippen LogP contribution in [0.2, 0.25) is 0 Å². The molecule has 104 valence electrons. The van der Waals surface area contributed by atoms with Gasteiger partial charge in [0.25, 0.3) is 5.91 Å². The van der Waals surface area contributed by atoms with E-state index in [9.17, 15) is 4.79 Å². The highest BCUT2D eigenvalue weighted by molar-refractivity contribution is 5.75. The van der Waals surface area contributed by atoms with Crippen molar-refractivity contribution in [1.82, 2.24) is 5.43 Å². The molecule has 0 aliphatic carbocycles. The summed E-state index contributed by atoms with van der Waals surface area (Å²) in [6.45, 7) is 0.437. The van der Waals surface area contributed by atoms with Gasteiger partial charge < -0.3 is 15.9 Å². The van der Waals surface area contributed by atoms with Gasteiger partial charge in [0, 0.05) is 17.8 Å². The molecule has 0 aromatic heterocycles. The van der Waals surface area contributed by atoms with E-state index in [0.29, 0.717) is 12.3 Å². The summed E-state index contributed by atoms with van der Waals surface area (Å²) in [7, 11) is 0. The molecular formula is C15H17N3O2. The Morgan fingerprint density at radius 3 is 2.50 bits per heavy atom. The maximum absolute atomic E-state index is 10.8. The number of rotatable bonds is 7. The summed E-state index contributed by atoms with van der Waals surface area (Å²) in [5.41, 5.74) is 13.2. The lowest BCUT2D eigenvalue weighted by Crippen LogP contribution is -2.23. The highest BCUT2D eigenvalue weighted by atomic mass is 16.5. The van der Waals surface area contributed by atoms with Crippen LogP contribution in [0.5, 0.6) is 5.75 Å². The molecule has 0 radical (unpaired) electrons. The predicted molar refractivity (Wildman–Crippen MR) is 78.0 cm³/mol. The van der Waals surface area contributed by atoms with E-state index in [2.05, 4.69) is 10.9 Å². The molecule has 0 heterocycles. The molecule has 0 bridgehead atoms. The number of nitrogens with one attached hydrogen (secondary N) is 2. The molecule has 2 aromatic carbocycles. The Hall–Kier alpha value is -2.53. The van der Waals surface area contributed by atoms with E-state index in [1.165, 1.54) is 0 Å². The van der Waals surface area contributed by atoms with Crippen molar-refractivity contribution >= 4 is 11.6 Å². The van der Waals surface area contributed by atoms with Crippen molar-refractivity contribution in [3.63, 3.8) is 0 Å². The second-order valence-electron chi connectivity index (χ2n) is 4.21. The number of carbonyl (C=O) groups excluding carboxylic acids is 1. The van der Waals surface area contributed by atoms with Crippen molar-refractivity contribution in [3.05, 3.63) is 60.2 Å². The van der Waals surface area contributed by atoms with E-state index in [1.807, 2.05) is 54.6 Å². The molecule has 0 saturated heterocycles. The molecular weight excluding hydrogens is 254 g/mol. The molecule has 2 rings (SSSR count). The van der Waals surface area contributed by atoms with Crippen molar-refractivity contribution in [2.24, 2.45) is 5.73 Å². The number of primary amides is 1. The van der Waals surface area contributed by atoms with Gasteiger partial charge in [0.15, 0.2) is 6.61 Å². The Balaban J connectivity index is 1.90. The van der Waals surface area contributed by atoms with E-state index in [4.69, 9.17) is 10.5 Å². The van der Waals surface area contributed by atoms with Gasteiger partial charge in [-0.3, -0.25) is 4.79 Å². The fourth-order valence-corrected chi connectivity index (χ4v) is 1.70. The summed E-state index contributed by atoms with van der Waals surface area (Å²) in [4.78, 5) is 10.8. The molecule has 0 aliphatic heterocycles. The molecule has 0 unspecified atom stereocenters. The number of nitrogens with two attached hydrogens (primary N) is 1. The number of amides is 1. The summed E-state index contributed by atoms with van der Waals surface area (Å²) < 4.78 is 5.36. The van der Waals surface area contributed by atoms with Crippen molar-refractivity contribution in [2.45, 2.75) is 6.54 Å². The Kier molecular flexibility index (Phi) is 4.97. The minimum atomic E-state index is -0.491. The van der Waals surface area contributed by atoms with E-state index in [-0.39, 0.29) is 6.61 Å². The molecule has 5 nitrogen and oxygen atoms in total. The van der Waals surface area contributed by atoms with Gasteiger partial charge in [0.1, 0.15) is 5.75 Å². The first-order valence-electron chi connectivity index (χ1n) is 6.28.